The summed E-state index contributed by atoms with van der Waals surface area (Å²) in [6, 6.07) is 9.96. The van der Waals surface area contributed by atoms with Crippen molar-refractivity contribution in [2.45, 2.75) is 46.4 Å². The number of hydrogen-bond donors (Lipinski definition) is 2. The molecule has 1 aliphatic rings. The van der Waals surface area contributed by atoms with Crippen LogP contribution in [0.25, 0.3) is 11.3 Å². The second-order valence-electron chi connectivity index (χ2n) is 9.76. The molecule has 1 aromatic heterocycles. The number of nitrogens with one attached hydrogen (secondary N) is 2. The Balaban J connectivity index is 1.88. The zero-order valence-corrected chi connectivity index (χ0v) is 23.3. The fourth-order valence-corrected chi connectivity index (χ4v) is 5.19. The fourth-order valence-electron chi connectivity index (χ4n) is 5.19. The number of fused-ring (bicyclic) bond motifs is 3. The molecule has 2 aromatic carbocycles. The van der Waals surface area contributed by atoms with Crippen molar-refractivity contribution in [3.63, 3.8) is 0 Å². The molecule has 4 rings (SSSR count). The largest absolute Gasteiger partial charge is 0.493 e. The minimum atomic E-state index is -0.516. The molecule has 0 spiro atoms. The topological polar surface area (TPSA) is 125 Å². The predicted octanol–water partition coefficient (Wildman–Crippen LogP) is 2.46. The average Bonchev–Trinajstić information content (AvgIpc) is 2.90. The van der Waals surface area contributed by atoms with Crippen LogP contribution >= 0.6 is 0 Å². The molecule has 0 saturated carbocycles. The molecular formula is C28H36N6O5. The van der Waals surface area contributed by atoms with Crippen LogP contribution in [-0.2, 0) is 19.5 Å². The summed E-state index contributed by atoms with van der Waals surface area (Å²) in [5.74, 6) is 1.24. The molecule has 0 radical (unpaired) electrons. The molecular weight excluding hydrogens is 500 g/mol. The smallest absolute Gasteiger partial charge is 0.330 e. The molecule has 0 amide bonds. The molecule has 2 heterocycles. The van der Waals surface area contributed by atoms with Gasteiger partial charge in [-0.3, -0.25) is 29.9 Å². The highest BCUT2D eigenvalue weighted by atomic mass is 16.6. The van der Waals surface area contributed by atoms with Crippen molar-refractivity contribution in [1.82, 2.24) is 19.8 Å². The van der Waals surface area contributed by atoms with Crippen molar-refractivity contribution in [3.8, 4) is 22.8 Å². The van der Waals surface area contributed by atoms with Crippen LogP contribution in [0.1, 0.15) is 22.3 Å². The van der Waals surface area contributed by atoms with Gasteiger partial charge < -0.3 is 9.47 Å². The number of methoxy groups -OCH3 is 2. The Hall–Kier alpha value is -3.96. The molecule has 2 N–H and O–H groups in total. The number of ether oxygens (including phenoxy) is 2. The highest BCUT2D eigenvalue weighted by Gasteiger charge is 2.23. The summed E-state index contributed by atoms with van der Waals surface area (Å²) in [5.41, 5.74) is 7.04. The van der Waals surface area contributed by atoms with Crippen LogP contribution in [0, 0.1) is 30.9 Å². The average molecular weight is 537 g/mol. The van der Waals surface area contributed by atoms with Gasteiger partial charge in [0.25, 0.3) is 0 Å². The first kappa shape index (κ1) is 28.1. The minimum absolute atomic E-state index is 0.189. The molecule has 0 aliphatic carbocycles. The van der Waals surface area contributed by atoms with E-state index in [-0.39, 0.29) is 23.7 Å². The van der Waals surface area contributed by atoms with E-state index in [1.54, 1.807) is 30.4 Å². The van der Waals surface area contributed by atoms with Crippen LogP contribution in [-0.4, -0.2) is 54.6 Å². The molecule has 1 atom stereocenters. The number of aryl methyl sites for hydroxylation is 4. The lowest BCUT2D eigenvalue weighted by Gasteiger charge is -2.25. The van der Waals surface area contributed by atoms with E-state index in [2.05, 4.69) is 22.8 Å². The molecule has 11 heteroatoms. The van der Waals surface area contributed by atoms with Gasteiger partial charge in [-0.05, 0) is 63.1 Å². The Labute approximate surface area is 227 Å². The third kappa shape index (κ3) is 5.89. The summed E-state index contributed by atoms with van der Waals surface area (Å²) >= 11 is 0. The van der Waals surface area contributed by atoms with Gasteiger partial charge in [0, 0.05) is 36.2 Å². The van der Waals surface area contributed by atoms with Gasteiger partial charge in [-0.25, -0.2) is 9.79 Å². The highest BCUT2D eigenvalue weighted by molar-refractivity contribution is 5.70. The molecule has 1 unspecified atom stereocenters. The SMILES string of the molecule is CNC(C[N+](=O)[O-])NCCn1c(=Nc2c(C)cc(C)cc2C)cc2n(c1=O)CCc1cc(OC)c(OC)cc1-2. The summed E-state index contributed by atoms with van der Waals surface area (Å²) < 4.78 is 14.4. The Morgan fingerprint density at radius 3 is 2.36 bits per heavy atom. The van der Waals surface area contributed by atoms with Crippen molar-refractivity contribution < 1.29 is 14.4 Å². The normalized spacial score (nSPS) is 13.5. The lowest BCUT2D eigenvalue weighted by molar-refractivity contribution is -0.484. The van der Waals surface area contributed by atoms with Gasteiger partial charge >= 0.3 is 5.69 Å². The first-order valence-corrected chi connectivity index (χ1v) is 12.9. The van der Waals surface area contributed by atoms with Crippen molar-refractivity contribution in [2.75, 3.05) is 34.4 Å². The van der Waals surface area contributed by atoms with Gasteiger partial charge in [-0.1, -0.05) is 17.7 Å². The summed E-state index contributed by atoms with van der Waals surface area (Å²) in [6.45, 7) is 6.93. The third-order valence-electron chi connectivity index (χ3n) is 7.05. The van der Waals surface area contributed by atoms with Gasteiger partial charge in [-0.15, -0.1) is 0 Å². The zero-order valence-electron chi connectivity index (χ0n) is 23.3. The molecule has 0 saturated heterocycles. The predicted molar refractivity (Wildman–Crippen MR) is 150 cm³/mol. The maximum absolute atomic E-state index is 13.9. The molecule has 0 fully saturated rings. The summed E-state index contributed by atoms with van der Waals surface area (Å²) in [7, 11) is 4.86. The number of rotatable bonds is 10. The first-order valence-electron chi connectivity index (χ1n) is 12.9. The van der Waals surface area contributed by atoms with Crippen LogP contribution < -0.4 is 31.3 Å². The van der Waals surface area contributed by atoms with Crippen LogP contribution in [0.5, 0.6) is 11.5 Å². The van der Waals surface area contributed by atoms with Crippen LogP contribution in [0.4, 0.5) is 5.69 Å². The quantitative estimate of drug-likeness (QED) is 0.232. The number of likely N-dealkylation sites (N-methyl/N-ethyl adjacent to an activating group) is 1. The first-order chi connectivity index (χ1) is 18.7. The molecule has 1 aliphatic heterocycles. The van der Waals surface area contributed by atoms with Gasteiger partial charge in [0.2, 0.25) is 6.54 Å². The highest BCUT2D eigenvalue weighted by Crippen LogP contribution is 2.37. The van der Waals surface area contributed by atoms with Gasteiger partial charge in [0.1, 0.15) is 11.7 Å². The second kappa shape index (κ2) is 11.8. The van der Waals surface area contributed by atoms with Crippen molar-refractivity contribution in [2.24, 2.45) is 4.99 Å². The van der Waals surface area contributed by atoms with Crippen molar-refractivity contribution >= 4 is 5.69 Å². The summed E-state index contributed by atoms with van der Waals surface area (Å²) in [5, 5.41) is 17.0. The Bertz CT molecular complexity index is 1500. The van der Waals surface area contributed by atoms with E-state index >= 15 is 0 Å². The van der Waals surface area contributed by atoms with E-state index in [0.29, 0.717) is 36.5 Å². The molecule has 208 valence electrons. The Morgan fingerprint density at radius 2 is 1.74 bits per heavy atom. The van der Waals surface area contributed by atoms with Crippen molar-refractivity contribution in [3.05, 3.63) is 78.7 Å². The molecule has 11 nitrogen and oxygen atoms in total. The maximum atomic E-state index is 13.9. The lowest BCUT2D eigenvalue weighted by Crippen LogP contribution is -2.49. The maximum Gasteiger partial charge on any atom is 0.330 e. The van der Waals surface area contributed by atoms with E-state index in [1.165, 1.54) is 0 Å². The van der Waals surface area contributed by atoms with Crippen LogP contribution in [0.15, 0.2) is 40.1 Å². The second-order valence-corrected chi connectivity index (χ2v) is 9.76. The standard InChI is InChI=1S/C28H36N6O5/c1-17-11-18(2)27(19(3)12-17)31-26-15-22-21-14-24(39-6)23(38-5)13-20(21)7-9-32(22)28(35)33(26)10-8-30-25(29-4)16-34(36)37/h11-15,25,29-30H,7-10,16H2,1-6H3. The number of nitrogens with zero attached hydrogens (tertiary/aromatic N) is 4. The molecule has 0 bridgehead atoms. The lowest BCUT2D eigenvalue weighted by atomic mass is 9.97. The third-order valence-corrected chi connectivity index (χ3v) is 7.05. The van der Waals surface area contributed by atoms with Crippen molar-refractivity contribution in [1.29, 1.82) is 0 Å². The molecule has 3 aromatic rings. The van der Waals surface area contributed by atoms with E-state index in [0.717, 1.165) is 39.2 Å². The van der Waals surface area contributed by atoms with E-state index in [1.807, 2.05) is 39.0 Å². The van der Waals surface area contributed by atoms with E-state index in [4.69, 9.17) is 14.5 Å². The number of nitro groups is 1. The van der Waals surface area contributed by atoms with Gasteiger partial charge in [-0.2, -0.15) is 0 Å². The number of benzene rings is 2. The van der Waals surface area contributed by atoms with Gasteiger partial charge in [0.15, 0.2) is 11.5 Å². The molecule has 39 heavy (non-hydrogen) atoms. The minimum Gasteiger partial charge on any atom is -0.493 e. The summed E-state index contributed by atoms with van der Waals surface area (Å²) in [6.07, 6.45) is 0.148. The van der Waals surface area contributed by atoms with Crippen LogP contribution in [0.3, 0.4) is 0 Å². The van der Waals surface area contributed by atoms with E-state index < -0.39 is 6.17 Å². The monoisotopic (exact) mass is 536 g/mol. The summed E-state index contributed by atoms with van der Waals surface area (Å²) in [4.78, 5) is 29.5. The zero-order chi connectivity index (χ0) is 28.3. The fraction of sp³-hybridized carbons (Fsp3) is 0.429. The number of hydrogen-bond acceptors (Lipinski definition) is 8. The Morgan fingerprint density at radius 1 is 1.08 bits per heavy atom. The Kier molecular flexibility index (Phi) is 8.51. The van der Waals surface area contributed by atoms with E-state index in [9.17, 15) is 14.9 Å². The van der Waals surface area contributed by atoms with Crippen LogP contribution in [0.2, 0.25) is 0 Å². The number of aromatic nitrogens is 2. The van der Waals surface area contributed by atoms with Gasteiger partial charge in [0.05, 0.1) is 25.6 Å².